The molecule has 7 nitrogen and oxygen atoms in total. The van der Waals surface area contributed by atoms with Gasteiger partial charge in [0.15, 0.2) is 11.5 Å². The number of sulfonamides is 1. The van der Waals surface area contributed by atoms with E-state index in [0.717, 1.165) is 0 Å². The first kappa shape index (κ1) is 21.9. The lowest BCUT2D eigenvalue weighted by Gasteiger charge is -2.31. The second kappa shape index (κ2) is 9.46. The lowest BCUT2D eigenvalue weighted by atomic mass is 9.97. The van der Waals surface area contributed by atoms with Gasteiger partial charge in [0.25, 0.3) is 0 Å². The highest BCUT2D eigenvalue weighted by molar-refractivity contribution is 7.88. The Bertz CT molecular complexity index is 1040. The van der Waals surface area contributed by atoms with Crippen LogP contribution in [0.4, 0.5) is 0 Å². The molecule has 2 aliphatic rings. The first-order chi connectivity index (χ1) is 14.9. The van der Waals surface area contributed by atoms with Crippen molar-refractivity contribution < 1.29 is 22.7 Å². The topological polar surface area (TPSA) is 84.9 Å². The van der Waals surface area contributed by atoms with Crippen molar-refractivity contribution in [3.05, 3.63) is 59.1 Å². The molecule has 31 heavy (non-hydrogen) atoms. The van der Waals surface area contributed by atoms with Crippen LogP contribution >= 0.6 is 11.6 Å². The monoisotopic (exact) mass is 464 g/mol. The number of amides is 1. The Labute approximate surface area is 187 Å². The molecule has 0 unspecified atom stereocenters. The third-order valence-corrected chi connectivity index (χ3v) is 7.61. The van der Waals surface area contributed by atoms with Crippen molar-refractivity contribution in [2.45, 2.75) is 24.7 Å². The van der Waals surface area contributed by atoms with E-state index < -0.39 is 10.0 Å². The quantitative estimate of drug-likeness (QED) is 0.710. The number of nitrogens with zero attached hydrogens (tertiary/aromatic N) is 1. The molecule has 1 saturated heterocycles. The summed E-state index contributed by atoms with van der Waals surface area (Å²) in [6.07, 6.45) is 0.730. The average molecular weight is 465 g/mol. The van der Waals surface area contributed by atoms with Crippen molar-refractivity contribution in [3.8, 4) is 11.5 Å². The fourth-order valence-electron chi connectivity index (χ4n) is 3.85. The summed E-state index contributed by atoms with van der Waals surface area (Å²) in [7, 11) is -3.45. The van der Waals surface area contributed by atoms with E-state index in [2.05, 4.69) is 5.32 Å². The van der Waals surface area contributed by atoms with Crippen molar-refractivity contribution in [2.75, 3.05) is 26.2 Å². The third-order valence-electron chi connectivity index (χ3n) is 5.53. The number of halogens is 1. The number of ether oxygens (including phenoxy) is 2. The minimum atomic E-state index is -3.45. The lowest BCUT2D eigenvalue weighted by Crippen LogP contribution is -2.46. The number of benzene rings is 2. The van der Waals surface area contributed by atoms with Crippen molar-refractivity contribution in [3.63, 3.8) is 0 Å². The van der Waals surface area contributed by atoms with E-state index in [4.69, 9.17) is 21.1 Å². The molecule has 166 valence electrons. The van der Waals surface area contributed by atoms with Crippen LogP contribution in [-0.2, 0) is 20.6 Å². The van der Waals surface area contributed by atoms with Crippen molar-refractivity contribution in [1.82, 2.24) is 9.62 Å². The van der Waals surface area contributed by atoms with Gasteiger partial charge in [0.1, 0.15) is 12.7 Å². The van der Waals surface area contributed by atoms with Crippen LogP contribution in [0.2, 0.25) is 5.02 Å². The number of hydrogen-bond acceptors (Lipinski definition) is 5. The highest BCUT2D eigenvalue weighted by atomic mass is 35.5. The molecule has 2 heterocycles. The molecule has 0 aliphatic carbocycles. The molecule has 2 aromatic rings. The van der Waals surface area contributed by atoms with Gasteiger partial charge in [0.05, 0.1) is 12.3 Å². The number of nitrogens with one attached hydrogen (secondary N) is 1. The van der Waals surface area contributed by atoms with Gasteiger partial charge in [-0.05, 0) is 42.7 Å². The standard InChI is InChI=1S/C22H25ClN2O5S/c23-18-5-3-4-16(12-18)15-31(27,28)25-10-8-17(9-11-25)22(26)24-13-19-14-29-20-6-1-2-7-21(20)30-19/h1-7,12,17,19H,8-11,13-15H2,(H,24,26)/t19-/m0/s1. The fraction of sp³-hybridized carbons (Fsp3) is 0.409. The molecule has 0 saturated carbocycles. The van der Waals surface area contributed by atoms with Crippen LogP contribution in [0.15, 0.2) is 48.5 Å². The van der Waals surface area contributed by atoms with Crippen molar-refractivity contribution >= 4 is 27.5 Å². The molecule has 0 radical (unpaired) electrons. The maximum Gasteiger partial charge on any atom is 0.223 e. The van der Waals surface area contributed by atoms with Crippen LogP contribution in [-0.4, -0.2) is 51.0 Å². The van der Waals surface area contributed by atoms with Crippen LogP contribution in [0.25, 0.3) is 0 Å². The van der Waals surface area contributed by atoms with Crippen LogP contribution < -0.4 is 14.8 Å². The van der Waals surface area contributed by atoms with Crippen molar-refractivity contribution in [2.24, 2.45) is 5.92 Å². The summed E-state index contributed by atoms with van der Waals surface area (Å²) in [5.41, 5.74) is 0.656. The number of piperidine rings is 1. The predicted octanol–water partition coefficient (Wildman–Crippen LogP) is 2.84. The zero-order valence-electron chi connectivity index (χ0n) is 17.0. The minimum Gasteiger partial charge on any atom is -0.486 e. The third kappa shape index (κ3) is 5.50. The highest BCUT2D eigenvalue weighted by Gasteiger charge is 2.31. The molecule has 1 amide bonds. The van der Waals surface area contributed by atoms with Gasteiger partial charge >= 0.3 is 0 Å². The predicted molar refractivity (Wildman–Crippen MR) is 118 cm³/mol. The van der Waals surface area contributed by atoms with Crippen molar-refractivity contribution in [1.29, 1.82) is 0 Å². The molecular weight excluding hydrogens is 440 g/mol. The molecule has 4 rings (SSSR count). The Hall–Kier alpha value is -2.29. The Morgan fingerprint density at radius 2 is 1.84 bits per heavy atom. The fourth-order valence-corrected chi connectivity index (χ4v) is 5.61. The number of fused-ring (bicyclic) bond motifs is 1. The first-order valence-corrected chi connectivity index (χ1v) is 12.3. The summed E-state index contributed by atoms with van der Waals surface area (Å²) >= 11 is 5.95. The molecule has 1 atom stereocenters. The Morgan fingerprint density at radius 3 is 2.58 bits per heavy atom. The highest BCUT2D eigenvalue weighted by Crippen LogP contribution is 2.30. The summed E-state index contributed by atoms with van der Waals surface area (Å²) in [4.78, 5) is 12.6. The summed E-state index contributed by atoms with van der Waals surface area (Å²) in [6.45, 7) is 1.38. The van der Waals surface area contributed by atoms with Gasteiger partial charge in [-0.1, -0.05) is 35.9 Å². The van der Waals surface area contributed by atoms with E-state index in [-0.39, 0.29) is 23.7 Å². The van der Waals surface area contributed by atoms with E-state index in [0.29, 0.717) is 61.2 Å². The van der Waals surface area contributed by atoms with Crippen LogP contribution in [0.1, 0.15) is 18.4 Å². The zero-order chi connectivity index (χ0) is 21.8. The van der Waals surface area contributed by atoms with Crippen LogP contribution in [0.3, 0.4) is 0 Å². The largest absolute Gasteiger partial charge is 0.486 e. The molecule has 0 spiro atoms. The second-order valence-corrected chi connectivity index (χ2v) is 10.2. The summed E-state index contributed by atoms with van der Waals surface area (Å²) in [6, 6.07) is 14.3. The first-order valence-electron chi connectivity index (χ1n) is 10.3. The van der Waals surface area contributed by atoms with Gasteiger partial charge in [0, 0.05) is 24.0 Å². The van der Waals surface area contributed by atoms with Gasteiger partial charge in [-0.15, -0.1) is 0 Å². The Balaban J connectivity index is 1.24. The molecule has 0 aromatic heterocycles. The zero-order valence-corrected chi connectivity index (χ0v) is 18.6. The van der Waals surface area contributed by atoms with Crippen LogP contribution in [0, 0.1) is 5.92 Å². The molecule has 0 bridgehead atoms. The number of carbonyl (C=O) groups excluding carboxylic acids is 1. The smallest absolute Gasteiger partial charge is 0.223 e. The molecule has 1 N–H and O–H groups in total. The SMILES string of the molecule is O=C(NC[C@H]1COc2ccccc2O1)C1CCN(S(=O)(=O)Cc2cccc(Cl)c2)CC1. The van der Waals surface area contributed by atoms with Gasteiger partial charge < -0.3 is 14.8 Å². The Kier molecular flexibility index (Phi) is 6.69. The maximum atomic E-state index is 12.7. The van der Waals surface area contributed by atoms with Gasteiger partial charge in [-0.2, -0.15) is 0 Å². The second-order valence-electron chi connectivity index (χ2n) is 7.80. The summed E-state index contributed by atoms with van der Waals surface area (Å²) in [5, 5.41) is 3.44. The molecule has 2 aromatic carbocycles. The van der Waals surface area contributed by atoms with E-state index in [1.165, 1.54) is 4.31 Å². The normalized spacial score (nSPS) is 19.7. The average Bonchev–Trinajstić information content (AvgIpc) is 2.77. The number of carbonyl (C=O) groups is 1. The van der Waals surface area contributed by atoms with Gasteiger partial charge in [-0.3, -0.25) is 4.79 Å². The van der Waals surface area contributed by atoms with Gasteiger partial charge in [-0.25, -0.2) is 12.7 Å². The van der Waals surface area contributed by atoms with E-state index in [1.807, 2.05) is 24.3 Å². The molecular formula is C22H25ClN2O5S. The van der Waals surface area contributed by atoms with Crippen LogP contribution in [0.5, 0.6) is 11.5 Å². The lowest BCUT2D eigenvalue weighted by molar-refractivity contribution is -0.126. The maximum absolute atomic E-state index is 12.7. The van der Waals surface area contributed by atoms with E-state index in [1.54, 1.807) is 24.3 Å². The molecule has 1 fully saturated rings. The summed E-state index contributed by atoms with van der Waals surface area (Å²) < 4.78 is 38.4. The number of rotatable bonds is 6. The van der Waals surface area contributed by atoms with E-state index >= 15 is 0 Å². The molecule has 9 heteroatoms. The van der Waals surface area contributed by atoms with Gasteiger partial charge in [0.2, 0.25) is 15.9 Å². The van der Waals surface area contributed by atoms with E-state index in [9.17, 15) is 13.2 Å². The molecule has 2 aliphatic heterocycles. The Morgan fingerprint density at radius 1 is 1.10 bits per heavy atom. The minimum absolute atomic E-state index is 0.0747. The summed E-state index contributed by atoms with van der Waals surface area (Å²) in [5.74, 6) is 0.997. The number of para-hydroxylation sites is 2. The number of hydrogen-bond donors (Lipinski definition) is 1.